The van der Waals surface area contributed by atoms with Gasteiger partial charge in [0.2, 0.25) is 0 Å². The molecule has 0 saturated carbocycles. The summed E-state index contributed by atoms with van der Waals surface area (Å²) in [5, 5.41) is 7.31. The summed E-state index contributed by atoms with van der Waals surface area (Å²) in [7, 11) is 3.13. The molecule has 0 atom stereocenters. The Morgan fingerprint density at radius 2 is 1.73 bits per heavy atom. The van der Waals surface area contributed by atoms with E-state index in [0.29, 0.717) is 22.7 Å². The van der Waals surface area contributed by atoms with Crippen molar-refractivity contribution in [3.8, 4) is 17.2 Å². The minimum atomic E-state index is -0.225. The molecular weight excluding hydrogens is 330 g/mol. The van der Waals surface area contributed by atoms with Gasteiger partial charge in [-0.05, 0) is 56.3 Å². The van der Waals surface area contributed by atoms with Crippen LogP contribution in [0.15, 0.2) is 48.5 Å². The molecule has 3 aromatic rings. The first-order chi connectivity index (χ1) is 12.5. The van der Waals surface area contributed by atoms with E-state index < -0.39 is 0 Å². The Labute approximate surface area is 152 Å². The highest BCUT2D eigenvalue weighted by molar-refractivity contribution is 6.05. The molecule has 0 radical (unpaired) electrons. The van der Waals surface area contributed by atoms with Gasteiger partial charge in [-0.25, -0.2) is 4.68 Å². The number of hydrogen-bond acceptors (Lipinski definition) is 4. The van der Waals surface area contributed by atoms with Gasteiger partial charge < -0.3 is 14.8 Å². The molecule has 0 bridgehead atoms. The molecule has 6 nitrogen and oxygen atoms in total. The van der Waals surface area contributed by atoms with Gasteiger partial charge in [-0.3, -0.25) is 4.79 Å². The Balaban J connectivity index is 1.82. The number of hydrogen-bond donors (Lipinski definition) is 1. The van der Waals surface area contributed by atoms with Crippen molar-refractivity contribution in [1.82, 2.24) is 9.78 Å². The van der Waals surface area contributed by atoms with Crippen molar-refractivity contribution in [2.24, 2.45) is 0 Å². The summed E-state index contributed by atoms with van der Waals surface area (Å²) in [6, 6.07) is 14.5. The van der Waals surface area contributed by atoms with Crippen molar-refractivity contribution in [3.63, 3.8) is 0 Å². The number of nitrogens with zero attached hydrogens (tertiary/aromatic N) is 2. The van der Waals surface area contributed by atoms with Gasteiger partial charge in [0.15, 0.2) is 0 Å². The quantitative estimate of drug-likeness (QED) is 0.760. The number of aromatic nitrogens is 2. The molecular formula is C20H21N3O3. The molecule has 0 aliphatic carbocycles. The number of ether oxygens (including phenoxy) is 2. The van der Waals surface area contributed by atoms with Gasteiger partial charge in [0.25, 0.3) is 5.91 Å². The zero-order valence-corrected chi connectivity index (χ0v) is 15.2. The van der Waals surface area contributed by atoms with Crippen LogP contribution in [0.25, 0.3) is 5.69 Å². The monoisotopic (exact) mass is 351 g/mol. The lowest BCUT2D eigenvalue weighted by Gasteiger charge is -2.12. The van der Waals surface area contributed by atoms with Crippen molar-refractivity contribution in [3.05, 3.63) is 65.5 Å². The minimum Gasteiger partial charge on any atom is -0.497 e. The number of methoxy groups -OCH3 is 2. The second-order valence-corrected chi connectivity index (χ2v) is 5.91. The van der Waals surface area contributed by atoms with Crippen LogP contribution in [-0.4, -0.2) is 29.9 Å². The molecule has 1 amide bonds. The van der Waals surface area contributed by atoms with Crippen LogP contribution in [0.5, 0.6) is 11.5 Å². The van der Waals surface area contributed by atoms with E-state index in [1.807, 2.05) is 36.7 Å². The molecule has 0 aliphatic rings. The van der Waals surface area contributed by atoms with E-state index >= 15 is 0 Å². The molecule has 0 spiro atoms. The van der Waals surface area contributed by atoms with Gasteiger partial charge in [0, 0.05) is 17.3 Å². The van der Waals surface area contributed by atoms with Crippen LogP contribution in [0.2, 0.25) is 0 Å². The molecule has 0 fully saturated rings. The molecule has 26 heavy (non-hydrogen) atoms. The number of amides is 1. The maximum absolute atomic E-state index is 12.6. The van der Waals surface area contributed by atoms with Crippen LogP contribution in [0.1, 0.15) is 21.7 Å². The van der Waals surface area contributed by atoms with E-state index in [-0.39, 0.29) is 5.91 Å². The van der Waals surface area contributed by atoms with Crippen molar-refractivity contribution < 1.29 is 14.3 Å². The fourth-order valence-electron chi connectivity index (χ4n) is 2.75. The fourth-order valence-corrected chi connectivity index (χ4v) is 2.75. The van der Waals surface area contributed by atoms with E-state index in [1.54, 1.807) is 44.6 Å². The number of carbonyl (C=O) groups is 1. The maximum Gasteiger partial charge on any atom is 0.255 e. The standard InChI is InChI=1S/C20H21N3O3/c1-13-11-14(2)23(22-13)16-7-5-15(6-8-16)20(24)21-18-12-17(25-3)9-10-19(18)26-4/h5-12H,1-4H3,(H,21,24). The zero-order valence-electron chi connectivity index (χ0n) is 15.2. The van der Waals surface area contributed by atoms with Crippen molar-refractivity contribution >= 4 is 11.6 Å². The zero-order chi connectivity index (χ0) is 18.7. The third kappa shape index (κ3) is 3.54. The van der Waals surface area contributed by atoms with Gasteiger partial charge in [0.05, 0.1) is 31.3 Å². The lowest BCUT2D eigenvalue weighted by molar-refractivity contribution is 0.102. The van der Waals surface area contributed by atoms with Crippen molar-refractivity contribution in [2.75, 3.05) is 19.5 Å². The maximum atomic E-state index is 12.6. The molecule has 3 rings (SSSR count). The van der Waals surface area contributed by atoms with Crippen molar-refractivity contribution in [1.29, 1.82) is 0 Å². The number of anilines is 1. The summed E-state index contributed by atoms with van der Waals surface area (Å²) in [5.41, 5.74) is 4.00. The summed E-state index contributed by atoms with van der Waals surface area (Å²) in [4.78, 5) is 12.6. The average Bonchev–Trinajstić information content (AvgIpc) is 2.99. The largest absolute Gasteiger partial charge is 0.497 e. The molecule has 1 aromatic heterocycles. The number of aryl methyl sites for hydroxylation is 2. The minimum absolute atomic E-state index is 0.225. The molecule has 1 N–H and O–H groups in total. The summed E-state index contributed by atoms with van der Waals surface area (Å²) in [6.45, 7) is 3.95. The summed E-state index contributed by atoms with van der Waals surface area (Å²) >= 11 is 0. The molecule has 0 saturated heterocycles. The number of carbonyl (C=O) groups excluding carboxylic acids is 1. The van der Waals surface area contributed by atoms with Gasteiger partial charge in [-0.15, -0.1) is 0 Å². The van der Waals surface area contributed by atoms with E-state index in [4.69, 9.17) is 9.47 Å². The molecule has 1 heterocycles. The highest BCUT2D eigenvalue weighted by Crippen LogP contribution is 2.29. The first kappa shape index (κ1) is 17.5. The number of benzene rings is 2. The van der Waals surface area contributed by atoms with E-state index in [9.17, 15) is 4.79 Å². The van der Waals surface area contributed by atoms with E-state index in [2.05, 4.69) is 10.4 Å². The number of rotatable bonds is 5. The van der Waals surface area contributed by atoms with Crippen molar-refractivity contribution in [2.45, 2.75) is 13.8 Å². The average molecular weight is 351 g/mol. The first-order valence-corrected chi connectivity index (χ1v) is 8.19. The Bertz CT molecular complexity index is 930. The number of nitrogens with one attached hydrogen (secondary N) is 1. The summed E-state index contributed by atoms with van der Waals surface area (Å²) in [6.07, 6.45) is 0. The van der Waals surface area contributed by atoms with Gasteiger partial charge in [-0.1, -0.05) is 0 Å². The van der Waals surface area contributed by atoms with Gasteiger partial charge in [-0.2, -0.15) is 5.10 Å². The van der Waals surface area contributed by atoms with Gasteiger partial charge in [0.1, 0.15) is 11.5 Å². The van der Waals surface area contributed by atoms with Crippen LogP contribution in [0, 0.1) is 13.8 Å². The van der Waals surface area contributed by atoms with Crippen LogP contribution < -0.4 is 14.8 Å². The van der Waals surface area contributed by atoms with Crippen LogP contribution in [-0.2, 0) is 0 Å². The first-order valence-electron chi connectivity index (χ1n) is 8.19. The Kier molecular flexibility index (Phi) is 4.93. The molecule has 134 valence electrons. The Morgan fingerprint density at radius 3 is 2.31 bits per heavy atom. The summed E-state index contributed by atoms with van der Waals surface area (Å²) < 4.78 is 12.3. The SMILES string of the molecule is COc1ccc(OC)c(NC(=O)c2ccc(-n3nc(C)cc3C)cc2)c1. The normalized spacial score (nSPS) is 10.5. The predicted molar refractivity (Wildman–Crippen MR) is 101 cm³/mol. The van der Waals surface area contributed by atoms with Gasteiger partial charge >= 0.3 is 0 Å². The summed E-state index contributed by atoms with van der Waals surface area (Å²) in [5.74, 6) is 0.982. The molecule has 2 aromatic carbocycles. The molecule has 0 unspecified atom stereocenters. The predicted octanol–water partition coefficient (Wildman–Crippen LogP) is 3.76. The molecule has 6 heteroatoms. The van der Waals surface area contributed by atoms with Crippen LogP contribution in [0.3, 0.4) is 0 Å². The lowest BCUT2D eigenvalue weighted by Crippen LogP contribution is -2.13. The molecule has 0 aliphatic heterocycles. The second-order valence-electron chi connectivity index (χ2n) is 5.91. The highest BCUT2D eigenvalue weighted by atomic mass is 16.5. The third-order valence-corrected chi connectivity index (χ3v) is 4.04. The fraction of sp³-hybridized carbons (Fsp3) is 0.200. The Hall–Kier alpha value is -3.28. The lowest BCUT2D eigenvalue weighted by atomic mass is 10.2. The Morgan fingerprint density at radius 1 is 1.00 bits per heavy atom. The van der Waals surface area contributed by atoms with E-state index in [0.717, 1.165) is 17.1 Å². The van der Waals surface area contributed by atoms with Crippen LogP contribution >= 0.6 is 0 Å². The van der Waals surface area contributed by atoms with Crippen LogP contribution in [0.4, 0.5) is 5.69 Å². The third-order valence-electron chi connectivity index (χ3n) is 4.04. The smallest absolute Gasteiger partial charge is 0.255 e. The second kappa shape index (κ2) is 7.31. The topological polar surface area (TPSA) is 65.4 Å². The highest BCUT2D eigenvalue weighted by Gasteiger charge is 2.12. The van der Waals surface area contributed by atoms with E-state index in [1.165, 1.54) is 0 Å².